The number of nitrogens with two attached hydrogens (primary N) is 1. The number of hydrogen-bond acceptors (Lipinski definition) is 6. The van der Waals surface area contributed by atoms with Gasteiger partial charge in [-0.2, -0.15) is 0 Å². The molecule has 5 rings (SSSR count). The van der Waals surface area contributed by atoms with E-state index in [1.165, 1.54) is 0 Å². The fraction of sp³-hybridized carbons (Fsp3) is 0.357. The molecule has 4 N–H and O–H groups in total. The molecule has 1 saturated carbocycles. The summed E-state index contributed by atoms with van der Waals surface area (Å²) in [4.78, 5) is 9.50. The molecule has 182 valence electrons. The van der Waals surface area contributed by atoms with Gasteiger partial charge < -0.3 is 20.9 Å². The highest BCUT2D eigenvalue weighted by molar-refractivity contribution is 5.85. The second-order valence-corrected chi connectivity index (χ2v) is 9.30. The number of rotatable bonds is 9. The van der Waals surface area contributed by atoms with Crippen LogP contribution in [0, 0.1) is 5.92 Å². The number of imidazole rings is 1. The van der Waals surface area contributed by atoms with E-state index in [1.54, 1.807) is 6.20 Å². The minimum atomic E-state index is 0.187. The van der Waals surface area contributed by atoms with Crippen LogP contribution in [0.3, 0.4) is 0 Å². The molecule has 35 heavy (non-hydrogen) atoms. The number of benzene rings is 2. The Morgan fingerprint density at radius 1 is 1.06 bits per heavy atom. The maximum absolute atomic E-state index is 9.01. The maximum Gasteiger partial charge on any atom is 0.150 e. The average molecular weight is 472 g/mol. The Kier molecular flexibility index (Phi) is 7.25. The average Bonchev–Trinajstić information content (AvgIpc) is 3.30. The van der Waals surface area contributed by atoms with Gasteiger partial charge in [0, 0.05) is 30.4 Å². The summed E-state index contributed by atoms with van der Waals surface area (Å²) in [6.45, 7) is 2.33. The van der Waals surface area contributed by atoms with Gasteiger partial charge in [-0.3, -0.25) is 4.40 Å². The molecule has 0 radical (unpaired) electrons. The predicted octanol–water partition coefficient (Wildman–Crippen LogP) is 4.41. The summed E-state index contributed by atoms with van der Waals surface area (Å²) in [5, 5.41) is 12.3. The minimum absolute atomic E-state index is 0.187. The maximum atomic E-state index is 9.01. The second-order valence-electron chi connectivity index (χ2n) is 9.30. The van der Waals surface area contributed by atoms with Crippen LogP contribution in [0.25, 0.3) is 16.8 Å². The quantitative estimate of drug-likeness (QED) is 0.313. The van der Waals surface area contributed by atoms with Crippen molar-refractivity contribution in [2.45, 2.75) is 38.2 Å². The standard InChI is InChI=1S/C28H33N5O2/c29-27-26-25(23-7-4-8-24(17-23)35-19-21-5-2-1-3-6-21)32-28(33(26)15-13-31-27)22-11-9-20(10-12-22)18-30-14-16-34/h1-8,13,15,17,20,22,30,34H,9-12,14,16,18-19H2,(H2,29,31). The third-order valence-electron chi connectivity index (χ3n) is 6.90. The highest BCUT2D eigenvalue weighted by atomic mass is 16.5. The molecule has 0 saturated heterocycles. The lowest BCUT2D eigenvalue weighted by Crippen LogP contribution is -2.28. The van der Waals surface area contributed by atoms with Gasteiger partial charge in [0.1, 0.15) is 35.2 Å². The molecule has 0 atom stereocenters. The smallest absolute Gasteiger partial charge is 0.150 e. The van der Waals surface area contributed by atoms with Crippen LogP contribution in [-0.2, 0) is 6.61 Å². The molecular formula is C28H33N5O2. The van der Waals surface area contributed by atoms with Crippen molar-refractivity contribution in [3.05, 3.63) is 78.4 Å². The second kappa shape index (κ2) is 10.9. The van der Waals surface area contributed by atoms with E-state index in [0.717, 1.165) is 66.1 Å². The third kappa shape index (κ3) is 5.31. The van der Waals surface area contributed by atoms with Crippen molar-refractivity contribution in [1.82, 2.24) is 19.7 Å². The van der Waals surface area contributed by atoms with Crippen LogP contribution < -0.4 is 15.8 Å². The van der Waals surface area contributed by atoms with E-state index in [0.29, 0.717) is 30.8 Å². The normalized spacial score (nSPS) is 18.1. The molecule has 2 aromatic carbocycles. The monoisotopic (exact) mass is 471 g/mol. The highest BCUT2D eigenvalue weighted by Crippen LogP contribution is 2.38. The molecule has 0 unspecified atom stereocenters. The van der Waals surface area contributed by atoms with Gasteiger partial charge in [0.15, 0.2) is 0 Å². The summed E-state index contributed by atoms with van der Waals surface area (Å²) in [6.07, 6.45) is 8.20. The van der Waals surface area contributed by atoms with Crippen molar-refractivity contribution in [2.75, 3.05) is 25.4 Å². The molecule has 7 nitrogen and oxygen atoms in total. The SMILES string of the molecule is Nc1nccn2c(C3CCC(CNCCO)CC3)nc(-c3cccc(OCc4ccccc4)c3)c12. The first-order chi connectivity index (χ1) is 17.2. The molecule has 0 aliphatic heterocycles. The summed E-state index contributed by atoms with van der Waals surface area (Å²) >= 11 is 0. The van der Waals surface area contributed by atoms with Gasteiger partial charge in [0.2, 0.25) is 0 Å². The zero-order valence-electron chi connectivity index (χ0n) is 19.9. The van der Waals surface area contributed by atoms with E-state index >= 15 is 0 Å². The van der Waals surface area contributed by atoms with E-state index in [1.807, 2.05) is 42.6 Å². The number of fused-ring (bicyclic) bond motifs is 1. The lowest BCUT2D eigenvalue weighted by Gasteiger charge is -2.28. The van der Waals surface area contributed by atoms with Crippen LogP contribution in [-0.4, -0.2) is 39.2 Å². The van der Waals surface area contributed by atoms with Crippen molar-refractivity contribution >= 4 is 11.3 Å². The topological polar surface area (TPSA) is 97.7 Å². The lowest BCUT2D eigenvalue weighted by atomic mass is 9.81. The van der Waals surface area contributed by atoms with Gasteiger partial charge in [-0.05, 0) is 55.8 Å². The van der Waals surface area contributed by atoms with E-state index in [4.69, 9.17) is 20.6 Å². The zero-order chi connectivity index (χ0) is 24.0. The van der Waals surface area contributed by atoms with E-state index < -0.39 is 0 Å². The summed E-state index contributed by atoms with van der Waals surface area (Å²) in [5.41, 5.74) is 10.2. The fourth-order valence-electron chi connectivity index (χ4n) is 5.06. The Bertz CT molecular complexity index is 1250. The molecule has 2 aromatic heterocycles. The largest absolute Gasteiger partial charge is 0.489 e. The summed E-state index contributed by atoms with van der Waals surface area (Å²) in [6, 6.07) is 18.2. The van der Waals surface area contributed by atoms with Gasteiger partial charge >= 0.3 is 0 Å². The molecule has 1 fully saturated rings. The van der Waals surface area contributed by atoms with Crippen LogP contribution in [0.4, 0.5) is 5.82 Å². The lowest BCUT2D eigenvalue weighted by molar-refractivity contribution is 0.271. The van der Waals surface area contributed by atoms with Crippen LogP contribution in [0.5, 0.6) is 5.75 Å². The third-order valence-corrected chi connectivity index (χ3v) is 6.90. The van der Waals surface area contributed by atoms with Crippen LogP contribution >= 0.6 is 0 Å². The van der Waals surface area contributed by atoms with Gasteiger partial charge in [-0.15, -0.1) is 0 Å². The first kappa shape index (κ1) is 23.3. The van der Waals surface area contributed by atoms with Crippen LogP contribution in [0.1, 0.15) is 43.0 Å². The molecule has 1 aliphatic rings. The Balaban J connectivity index is 1.39. The Hall–Kier alpha value is -3.42. The highest BCUT2D eigenvalue weighted by Gasteiger charge is 2.27. The van der Waals surface area contributed by atoms with Gasteiger partial charge in [0.05, 0.1) is 6.61 Å². The van der Waals surface area contributed by atoms with Crippen LogP contribution in [0.15, 0.2) is 67.0 Å². The number of aliphatic hydroxyl groups is 1. The van der Waals surface area contributed by atoms with E-state index in [2.05, 4.69) is 32.9 Å². The Morgan fingerprint density at radius 2 is 1.89 bits per heavy atom. The number of ether oxygens (including phenoxy) is 1. The molecule has 0 bridgehead atoms. The first-order valence-electron chi connectivity index (χ1n) is 12.4. The van der Waals surface area contributed by atoms with Gasteiger partial charge in [-0.1, -0.05) is 42.5 Å². The van der Waals surface area contributed by atoms with Crippen molar-refractivity contribution in [3.8, 4) is 17.0 Å². The van der Waals surface area contributed by atoms with E-state index in [-0.39, 0.29) is 6.61 Å². The van der Waals surface area contributed by atoms with Crippen molar-refractivity contribution in [2.24, 2.45) is 5.92 Å². The molecule has 0 spiro atoms. The summed E-state index contributed by atoms with van der Waals surface area (Å²) in [5.74, 6) is 3.37. The first-order valence-corrected chi connectivity index (χ1v) is 12.4. The molecule has 2 heterocycles. The summed E-state index contributed by atoms with van der Waals surface area (Å²) in [7, 11) is 0. The van der Waals surface area contributed by atoms with Gasteiger partial charge in [0.25, 0.3) is 0 Å². The number of nitrogens with zero attached hydrogens (tertiary/aromatic N) is 3. The number of aromatic nitrogens is 3. The van der Waals surface area contributed by atoms with Crippen molar-refractivity contribution in [1.29, 1.82) is 0 Å². The summed E-state index contributed by atoms with van der Waals surface area (Å²) < 4.78 is 8.20. The Labute approximate surface area is 206 Å². The number of aliphatic hydroxyl groups excluding tert-OH is 1. The molecule has 0 amide bonds. The Morgan fingerprint density at radius 3 is 2.69 bits per heavy atom. The number of hydrogen-bond donors (Lipinski definition) is 3. The minimum Gasteiger partial charge on any atom is -0.489 e. The number of nitrogens with one attached hydrogen (secondary N) is 1. The van der Waals surface area contributed by atoms with E-state index in [9.17, 15) is 0 Å². The van der Waals surface area contributed by atoms with Crippen molar-refractivity contribution < 1.29 is 9.84 Å². The van der Waals surface area contributed by atoms with Gasteiger partial charge in [-0.25, -0.2) is 9.97 Å². The van der Waals surface area contributed by atoms with Crippen LogP contribution in [0.2, 0.25) is 0 Å². The molecule has 7 heteroatoms. The molecular weight excluding hydrogens is 438 g/mol. The molecule has 1 aliphatic carbocycles. The zero-order valence-corrected chi connectivity index (χ0v) is 19.9. The molecule has 4 aromatic rings. The fourth-order valence-corrected chi connectivity index (χ4v) is 5.06. The predicted molar refractivity (Wildman–Crippen MR) is 138 cm³/mol. The van der Waals surface area contributed by atoms with Crippen molar-refractivity contribution in [3.63, 3.8) is 0 Å². The number of anilines is 1. The number of nitrogen functional groups attached to an aromatic ring is 1.